The van der Waals surface area contributed by atoms with Crippen molar-refractivity contribution in [2.75, 3.05) is 23.9 Å². The lowest BCUT2D eigenvalue weighted by molar-refractivity contribution is -0.385. The Balaban J connectivity index is 1.49. The number of benzene rings is 3. The Labute approximate surface area is 250 Å². The van der Waals surface area contributed by atoms with Crippen LogP contribution in [0, 0.1) is 16.0 Å². The van der Waals surface area contributed by atoms with Crippen LogP contribution < -0.4 is 15.0 Å². The summed E-state index contributed by atoms with van der Waals surface area (Å²) in [6.07, 6.45) is -0.375. The minimum atomic E-state index is -2.91. The molecule has 3 aromatic rings. The van der Waals surface area contributed by atoms with E-state index >= 15 is 0 Å². The van der Waals surface area contributed by atoms with Crippen molar-refractivity contribution in [3.63, 3.8) is 0 Å². The van der Waals surface area contributed by atoms with Gasteiger partial charge in [0.15, 0.2) is 13.9 Å². The first kappa shape index (κ1) is 30.4. The van der Waals surface area contributed by atoms with Gasteiger partial charge in [0.1, 0.15) is 5.75 Å². The van der Waals surface area contributed by atoms with Gasteiger partial charge in [-0.3, -0.25) is 19.7 Å². The Kier molecular flexibility index (Phi) is 8.14. The minimum Gasteiger partial charge on any atom is -0.497 e. The first-order valence-corrected chi connectivity index (χ1v) is 17.1. The molecule has 12 heteroatoms. The number of rotatable bonds is 9. The molecule has 4 atom stereocenters. The molecule has 0 bridgehead atoms. The van der Waals surface area contributed by atoms with Crippen molar-refractivity contribution in [2.45, 2.75) is 50.2 Å². The number of nitro groups is 1. The largest absolute Gasteiger partial charge is 0.497 e. The Morgan fingerprint density at radius 2 is 1.88 bits per heavy atom. The second kappa shape index (κ2) is 11.5. The predicted octanol–water partition coefficient (Wildman–Crippen LogP) is 4.58. The molecule has 43 heavy (non-hydrogen) atoms. The van der Waals surface area contributed by atoms with E-state index in [1.165, 1.54) is 12.1 Å². The van der Waals surface area contributed by atoms with E-state index in [2.05, 4.69) is 5.32 Å². The number of nitrogens with one attached hydrogen (secondary N) is 1. The third-order valence-corrected chi connectivity index (χ3v) is 11.0. The standard InChI is InChI=1S/C31H35N3O8Si/c1-19-28(43(3,4)40)27(14-15-35)42-31(19)25-17-23(34(38)39)10-13-26(25)33(30(31)37)18-20-6-5-7-22(16-20)32-29(36)21-8-11-24(41-2)12-9-21/h5-13,16-17,19,27-28,35,40H,14-15,18H2,1-4H3,(H,32,36)/t19-,27+,28-,31+/m1/s1. The number of amides is 2. The molecule has 2 aliphatic heterocycles. The zero-order valence-corrected chi connectivity index (χ0v) is 25.4. The zero-order chi connectivity index (χ0) is 31.1. The Hall–Kier alpha value is -4.10. The van der Waals surface area contributed by atoms with Crippen LogP contribution in [0.2, 0.25) is 18.6 Å². The molecular weight excluding hydrogens is 570 g/mol. The molecule has 0 radical (unpaired) electrons. The molecule has 3 N–H and O–H groups in total. The summed E-state index contributed by atoms with van der Waals surface area (Å²) in [7, 11) is -1.36. The second-order valence-electron chi connectivity index (χ2n) is 11.6. The number of hydrogen-bond donors (Lipinski definition) is 3. The fraction of sp³-hybridized carbons (Fsp3) is 0.355. The van der Waals surface area contributed by atoms with Crippen molar-refractivity contribution in [3.05, 3.63) is 93.5 Å². The Morgan fingerprint density at radius 1 is 1.16 bits per heavy atom. The number of nitrogens with zero attached hydrogens (tertiary/aromatic N) is 2. The number of aliphatic hydroxyl groups excluding tert-OH is 1. The molecule has 1 spiro atoms. The van der Waals surface area contributed by atoms with Gasteiger partial charge in [0.05, 0.1) is 30.4 Å². The first-order valence-electron chi connectivity index (χ1n) is 14.1. The van der Waals surface area contributed by atoms with Gasteiger partial charge in [0.25, 0.3) is 17.5 Å². The van der Waals surface area contributed by atoms with Crippen LogP contribution in [0.15, 0.2) is 66.7 Å². The molecular formula is C31H35N3O8Si. The average Bonchev–Trinajstić information content (AvgIpc) is 3.39. The van der Waals surface area contributed by atoms with Gasteiger partial charge in [-0.15, -0.1) is 0 Å². The third kappa shape index (κ3) is 5.42. The van der Waals surface area contributed by atoms with Crippen molar-refractivity contribution >= 4 is 37.2 Å². The maximum absolute atomic E-state index is 14.4. The Bertz CT molecular complexity index is 1560. The highest BCUT2D eigenvalue weighted by Gasteiger charge is 2.66. The Morgan fingerprint density at radius 3 is 2.51 bits per heavy atom. The van der Waals surface area contributed by atoms with Crippen molar-refractivity contribution in [3.8, 4) is 5.75 Å². The molecule has 1 fully saturated rings. The molecule has 0 saturated carbocycles. The van der Waals surface area contributed by atoms with E-state index in [4.69, 9.17) is 9.47 Å². The molecule has 2 aliphatic rings. The number of nitro benzene ring substituents is 1. The van der Waals surface area contributed by atoms with Crippen LogP contribution in [0.25, 0.3) is 0 Å². The summed E-state index contributed by atoms with van der Waals surface area (Å²) in [4.78, 5) is 51.3. The van der Waals surface area contributed by atoms with Crippen molar-refractivity contribution < 1.29 is 33.9 Å². The van der Waals surface area contributed by atoms with Crippen LogP contribution in [0.3, 0.4) is 0 Å². The molecule has 11 nitrogen and oxygen atoms in total. The molecule has 2 amide bonds. The van der Waals surface area contributed by atoms with Crippen molar-refractivity contribution in [2.24, 2.45) is 5.92 Å². The van der Waals surface area contributed by atoms with Crippen LogP contribution in [0.5, 0.6) is 5.75 Å². The highest BCUT2D eigenvalue weighted by Crippen LogP contribution is 2.60. The molecule has 0 aromatic heterocycles. The van der Waals surface area contributed by atoms with Gasteiger partial charge in [-0.25, -0.2) is 0 Å². The summed E-state index contributed by atoms with van der Waals surface area (Å²) in [5.74, 6) is -0.564. The van der Waals surface area contributed by atoms with E-state index in [9.17, 15) is 29.6 Å². The van der Waals surface area contributed by atoms with Gasteiger partial charge >= 0.3 is 0 Å². The van der Waals surface area contributed by atoms with Gasteiger partial charge in [0.2, 0.25) is 0 Å². The molecule has 5 rings (SSSR count). The minimum absolute atomic E-state index is 0.114. The van der Waals surface area contributed by atoms with Gasteiger partial charge < -0.3 is 29.6 Å². The summed E-state index contributed by atoms with van der Waals surface area (Å²) < 4.78 is 11.7. The topological polar surface area (TPSA) is 151 Å². The summed E-state index contributed by atoms with van der Waals surface area (Å²) in [6, 6.07) is 18.1. The summed E-state index contributed by atoms with van der Waals surface area (Å²) in [6.45, 7) is 5.31. The third-order valence-electron chi connectivity index (χ3n) is 8.47. The quantitative estimate of drug-likeness (QED) is 0.182. The number of aliphatic hydroxyl groups is 1. The van der Waals surface area contributed by atoms with E-state index in [1.807, 2.05) is 13.0 Å². The number of carbonyl (C=O) groups excluding carboxylic acids is 2. The monoisotopic (exact) mass is 605 g/mol. The van der Waals surface area contributed by atoms with Crippen LogP contribution in [0.4, 0.5) is 17.1 Å². The number of hydrogen-bond acceptors (Lipinski definition) is 8. The lowest BCUT2D eigenvalue weighted by atomic mass is 9.82. The van der Waals surface area contributed by atoms with E-state index < -0.39 is 36.4 Å². The second-order valence-corrected chi connectivity index (χ2v) is 15.6. The molecule has 226 valence electrons. The van der Waals surface area contributed by atoms with Gasteiger partial charge in [-0.05, 0) is 67.5 Å². The fourth-order valence-electron chi connectivity index (χ4n) is 6.61. The average molecular weight is 606 g/mol. The van der Waals surface area contributed by atoms with Crippen LogP contribution in [-0.2, 0) is 21.7 Å². The number of fused-ring (bicyclic) bond motifs is 2. The molecule has 3 aromatic carbocycles. The van der Waals surface area contributed by atoms with Gasteiger partial charge in [-0.2, -0.15) is 0 Å². The van der Waals surface area contributed by atoms with Gasteiger partial charge in [-0.1, -0.05) is 19.1 Å². The molecule has 0 aliphatic carbocycles. The number of anilines is 2. The lowest BCUT2D eigenvalue weighted by Gasteiger charge is -2.32. The van der Waals surface area contributed by atoms with E-state index in [-0.39, 0.29) is 37.1 Å². The lowest BCUT2D eigenvalue weighted by Crippen LogP contribution is -2.46. The fourth-order valence-corrected chi connectivity index (χ4v) is 9.21. The normalized spacial score (nSPS) is 23.0. The van der Waals surface area contributed by atoms with E-state index in [0.29, 0.717) is 33.8 Å². The maximum atomic E-state index is 14.4. The van der Waals surface area contributed by atoms with E-state index in [1.54, 1.807) is 73.6 Å². The predicted molar refractivity (Wildman–Crippen MR) is 163 cm³/mol. The SMILES string of the molecule is COc1ccc(C(=O)Nc2cccc(CN3C(=O)[C@@]4(O[C@@H](CCO)[C@H]([Si](C)(C)O)[C@H]4C)c4cc([N+](=O)[O-])ccc43)c2)cc1. The summed E-state index contributed by atoms with van der Waals surface area (Å²) in [5.41, 5.74) is 0.440. The van der Waals surface area contributed by atoms with Crippen LogP contribution in [0.1, 0.15) is 34.8 Å². The molecule has 0 unspecified atom stereocenters. The summed E-state index contributed by atoms with van der Waals surface area (Å²) >= 11 is 0. The maximum Gasteiger partial charge on any atom is 0.269 e. The number of non-ortho nitro benzene ring substituents is 1. The summed E-state index contributed by atoms with van der Waals surface area (Å²) in [5, 5.41) is 24.4. The zero-order valence-electron chi connectivity index (χ0n) is 24.4. The molecule has 1 saturated heterocycles. The highest BCUT2D eigenvalue weighted by atomic mass is 28.4. The van der Waals surface area contributed by atoms with Crippen LogP contribution in [-0.4, -0.2) is 54.8 Å². The van der Waals surface area contributed by atoms with Crippen molar-refractivity contribution in [1.29, 1.82) is 0 Å². The van der Waals surface area contributed by atoms with Gasteiger partial charge in [0, 0.05) is 47.0 Å². The highest BCUT2D eigenvalue weighted by molar-refractivity contribution is 6.71. The molecule has 2 heterocycles. The first-order chi connectivity index (χ1) is 20.4. The smallest absolute Gasteiger partial charge is 0.269 e. The van der Waals surface area contributed by atoms with E-state index in [0.717, 1.165) is 0 Å². The number of methoxy groups -OCH3 is 1. The van der Waals surface area contributed by atoms with Crippen molar-refractivity contribution in [1.82, 2.24) is 0 Å². The number of carbonyl (C=O) groups is 2. The van der Waals surface area contributed by atoms with Crippen LogP contribution >= 0.6 is 0 Å². The number of ether oxygens (including phenoxy) is 2.